The lowest BCUT2D eigenvalue weighted by Gasteiger charge is -2.00. The van der Waals surface area contributed by atoms with Crippen LogP contribution in [0.1, 0.15) is 35.8 Å². The molecule has 0 spiro atoms. The molecule has 5 heteroatoms. The second-order valence-electron chi connectivity index (χ2n) is 3.57. The lowest BCUT2D eigenvalue weighted by atomic mass is 10.0. The van der Waals surface area contributed by atoms with E-state index in [0.717, 1.165) is 0 Å². The minimum Gasteiger partial charge on any atom is -0.478 e. The SMILES string of the molecule is CC(C)c1noc2nccc(C(=O)O)c12. The van der Waals surface area contributed by atoms with Crippen molar-refractivity contribution in [2.75, 3.05) is 0 Å². The third-order valence-corrected chi connectivity index (χ3v) is 2.18. The van der Waals surface area contributed by atoms with Crippen LogP contribution in [0.25, 0.3) is 11.1 Å². The molecule has 78 valence electrons. The van der Waals surface area contributed by atoms with Crippen LogP contribution >= 0.6 is 0 Å². The molecule has 0 fully saturated rings. The Bertz CT molecular complexity index is 516. The van der Waals surface area contributed by atoms with Crippen LogP contribution in [0.3, 0.4) is 0 Å². The molecule has 2 rings (SSSR count). The fourth-order valence-electron chi connectivity index (χ4n) is 1.47. The number of aromatic carboxylic acids is 1. The molecule has 0 radical (unpaired) electrons. The molecule has 15 heavy (non-hydrogen) atoms. The van der Waals surface area contributed by atoms with Crippen LogP contribution in [0.2, 0.25) is 0 Å². The van der Waals surface area contributed by atoms with Gasteiger partial charge < -0.3 is 9.63 Å². The van der Waals surface area contributed by atoms with Gasteiger partial charge in [0.05, 0.1) is 16.6 Å². The molecular formula is C10H10N2O3. The minimum atomic E-state index is -0.993. The number of nitrogens with zero attached hydrogens (tertiary/aromatic N) is 2. The fraction of sp³-hybridized carbons (Fsp3) is 0.300. The van der Waals surface area contributed by atoms with Gasteiger partial charge in [-0.2, -0.15) is 0 Å². The van der Waals surface area contributed by atoms with Crippen molar-refractivity contribution in [3.05, 3.63) is 23.5 Å². The average molecular weight is 206 g/mol. The maximum absolute atomic E-state index is 11.0. The Hall–Kier alpha value is -1.91. The molecule has 2 aromatic rings. The normalized spacial score (nSPS) is 11.1. The first-order chi connectivity index (χ1) is 7.11. The molecule has 0 aromatic carbocycles. The van der Waals surface area contributed by atoms with E-state index in [1.807, 2.05) is 13.8 Å². The van der Waals surface area contributed by atoms with Crippen LogP contribution in [-0.2, 0) is 0 Å². The highest BCUT2D eigenvalue weighted by molar-refractivity contribution is 6.02. The molecule has 2 heterocycles. The summed E-state index contributed by atoms with van der Waals surface area (Å²) in [5.74, 6) is -0.888. The lowest BCUT2D eigenvalue weighted by molar-refractivity contribution is 0.0699. The van der Waals surface area contributed by atoms with E-state index in [0.29, 0.717) is 11.1 Å². The summed E-state index contributed by atoms with van der Waals surface area (Å²) in [6.07, 6.45) is 1.40. The topological polar surface area (TPSA) is 76.2 Å². The van der Waals surface area contributed by atoms with Crippen LogP contribution in [0.15, 0.2) is 16.8 Å². The van der Waals surface area contributed by atoms with Crippen LogP contribution in [0, 0.1) is 0 Å². The van der Waals surface area contributed by atoms with Gasteiger partial charge in [0.25, 0.3) is 5.71 Å². The van der Waals surface area contributed by atoms with Gasteiger partial charge in [0.1, 0.15) is 0 Å². The lowest BCUT2D eigenvalue weighted by Crippen LogP contribution is -1.99. The molecule has 0 atom stereocenters. The van der Waals surface area contributed by atoms with Crippen molar-refractivity contribution in [3.63, 3.8) is 0 Å². The Morgan fingerprint density at radius 2 is 2.27 bits per heavy atom. The highest BCUT2D eigenvalue weighted by atomic mass is 16.5. The zero-order chi connectivity index (χ0) is 11.0. The number of carboxylic acid groups (broad SMARTS) is 1. The predicted octanol–water partition coefficient (Wildman–Crippen LogP) is 2.04. The Balaban J connectivity index is 2.80. The van der Waals surface area contributed by atoms with E-state index >= 15 is 0 Å². The van der Waals surface area contributed by atoms with E-state index in [-0.39, 0.29) is 17.2 Å². The summed E-state index contributed by atoms with van der Waals surface area (Å²) >= 11 is 0. The first kappa shape index (κ1) is 9.64. The molecule has 0 unspecified atom stereocenters. The standard InChI is InChI=1S/C10H10N2O3/c1-5(2)8-7-6(10(13)14)3-4-11-9(7)15-12-8/h3-5H,1-2H3,(H,13,14). The van der Waals surface area contributed by atoms with Crippen molar-refractivity contribution in [3.8, 4) is 0 Å². The molecule has 1 N–H and O–H groups in total. The fourth-order valence-corrected chi connectivity index (χ4v) is 1.47. The Labute approximate surface area is 85.7 Å². The number of aromatic nitrogens is 2. The van der Waals surface area contributed by atoms with E-state index in [1.165, 1.54) is 12.3 Å². The Kier molecular flexibility index (Phi) is 2.15. The van der Waals surface area contributed by atoms with Gasteiger partial charge in [0.15, 0.2) is 0 Å². The average Bonchev–Trinajstić information content (AvgIpc) is 2.60. The van der Waals surface area contributed by atoms with Gasteiger partial charge in [0, 0.05) is 6.20 Å². The monoisotopic (exact) mass is 206 g/mol. The van der Waals surface area contributed by atoms with E-state index in [1.54, 1.807) is 0 Å². The molecule has 0 aliphatic rings. The number of hydrogen-bond acceptors (Lipinski definition) is 4. The molecule has 0 amide bonds. The second kappa shape index (κ2) is 3.34. The highest BCUT2D eigenvalue weighted by Gasteiger charge is 2.19. The van der Waals surface area contributed by atoms with Crippen LogP contribution < -0.4 is 0 Å². The number of hydrogen-bond donors (Lipinski definition) is 1. The first-order valence-corrected chi connectivity index (χ1v) is 4.59. The zero-order valence-electron chi connectivity index (χ0n) is 8.39. The summed E-state index contributed by atoms with van der Waals surface area (Å²) in [5.41, 5.74) is 1.10. The van der Waals surface area contributed by atoms with Gasteiger partial charge in [-0.05, 0) is 12.0 Å². The maximum Gasteiger partial charge on any atom is 0.336 e. The van der Waals surface area contributed by atoms with Gasteiger partial charge in [-0.1, -0.05) is 19.0 Å². The summed E-state index contributed by atoms with van der Waals surface area (Å²) in [5, 5.41) is 13.3. The van der Waals surface area contributed by atoms with E-state index in [9.17, 15) is 4.79 Å². The molecule has 0 aliphatic carbocycles. The van der Waals surface area contributed by atoms with Gasteiger partial charge >= 0.3 is 5.97 Å². The summed E-state index contributed by atoms with van der Waals surface area (Å²) in [6, 6.07) is 1.45. The van der Waals surface area contributed by atoms with E-state index in [4.69, 9.17) is 9.63 Å². The Morgan fingerprint density at radius 1 is 1.53 bits per heavy atom. The molecule has 0 saturated heterocycles. The van der Waals surface area contributed by atoms with Gasteiger partial charge in [-0.3, -0.25) is 0 Å². The van der Waals surface area contributed by atoms with Crippen molar-refractivity contribution >= 4 is 17.1 Å². The predicted molar refractivity (Wildman–Crippen MR) is 52.9 cm³/mol. The molecule has 0 bridgehead atoms. The van der Waals surface area contributed by atoms with E-state index in [2.05, 4.69) is 10.1 Å². The van der Waals surface area contributed by atoms with Crippen LogP contribution in [0.5, 0.6) is 0 Å². The molecule has 0 aliphatic heterocycles. The maximum atomic E-state index is 11.0. The number of carboxylic acids is 1. The molecule has 2 aromatic heterocycles. The quantitative estimate of drug-likeness (QED) is 0.813. The van der Waals surface area contributed by atoms with Gasteiger partial charge in [-0.15, -0.1) is 0 Å². The number of pyridine rings is 1. The third kappa shape index (κ3) is 1.45. The molecular weight excluding hydrogens is 196 g/mol. The molecule has 0 saturated carbocycles. The smallest absolute Gasteiger partial charge is 0.336 e. The highest BCUT2D eigenvalue weighted by Crippen LogP contribution is 2.26. The third-order valence-electron chi connectivity index (χ3n) is 2.18. The van der Waals surface area contributed by atoms with Crippen molar-refractivity contribution in [1.29, 1.82) is 0 Å². The van der Waals surface area contributed by atoms with Gasteiger partial charge in [0.2, 0.25) is 0 Å². The number of carbonyl (C=O) groups is 1. The van der Waals surface area contributed by atoms with Crippen LogP contribution in [-0.4, -0.2) is 21.2 Å². The summed E-state index contributed by atoms with van der Waals surface area (Å²) in [4.78, 5) is 14.9. The van der Waals surface area contributed by atoms with Crippen molar-refractivity contribution < 1.29 is 14.4 Å². The number of rotatable bonds is 2. The number of fused-ring (bicyclic) bond motifs is 1. The van der Waals surface area contributed by atoms with Gasteiger partial charge in [-0.25, -0.2) is 9.78 Å². The van der Waals surface area contributed by atoms with Crippen molar-refractivity contribution in [2.45, 2.75) is 19.8 Å². The van der Waals surface area contributed by atoms with E-state index < -0.39 is 5.97 Å². The second-order valence-corrected chi connectivity index (χ2v) is 3.57. The molecule has 5 nitrogen and oxygen atoms in total. The van der Waals surface area contributed by atoms with Crippen molar-refractivity contribution in [1.82, 2.24) is 10.1 Å². The first-order valence-electron chi connectivity index (χ1n) is 4.59. The largest absolute Gasteiger partial charge is 0.478 e. The van der Waals surface area contributed by atoms with Crippen molar-refractivity contribution in [2.24, 2.45) is 0 Å². The summed E-state index contributed by atoms with van der Waals surface area (Å²) in [7, 11) is 0. The summed E-state index contributed by atoms with van der Waals surface area (Å²) in [6.45, 7) is 3.85. The minimum absolute atomic E-state index is 0.105. The van der Waals surface area contributed by atoms with Crippen LogP contribution in [0.4, 0.5) is 0 Å². The zero-order valence-corrected chi connectivity index (χ0v) is 8.39. The summed E-state index contributed by atoms with van der Waals surface area (Å²) < 4.78 is 4.98. The Morgan fingerprint density at radius 3 is 2.87 bits per heavy atom.